The topological polar surface area (TPSA) is 38.1 Å². The molecule has 15 heavy (non-hydrogen) atoms. The van der Waals surface area contributed by atoms with E-state index in [1.165, 1.54) is 6.08 Å². The minimum Gasteiger partial charge on any atom is -0.337 e. The van der Waals surface area contributed by atoms with Crippen LogP contribution in [0, 0.1) is 0 Å². The second-order valence-electron chi connectivity index (χ2n) is 3.79. The Labute approximate surface area is 89.2 Å². The van der Waals surface area contributed by atoms with E-state index in [9.17, 15) is 4.79 Å². The van der Waals surface area contributed by atoms with Gasteiger partial charge in [0.2, 0.25) is 5.91 Å². The smallest absolute Gasteiger partial charge is 0.246 e. The van der Waals surface area contributed by atoms with Crippen LogP contribution in [0.2, 0.25) is 0 Å². The number of rotatable bonds is 2. The molecular weight excluding hydrogens is 190 g/mol. The minimum atomic E-state index is 0.0276. The second kappa shape index (κ2) is 4.29. The number of piperidine rings is 1. The first-order chi connectivity index (χ1) is 7.31. The molecule has 0 radical (unpaired) electrons. The summed E-state index contributed by atoms with van der Waals surface area (Å²) in [5, 5.41) is 0. The largest absolute Gasteiger partial charge is 0.337 e. The molecule has 80 valence electrons. The van der Waals surface area contributed by atoms with E-state index in [2.05, 4.69) is 16.1 Å². The van der Waals surface area contributed by atoms with Gasteiger partial charge in [0.25, 0.3) is 0 Å². The first kappa shape index (κ1) is 9.96. The first-order valence-electron chi connectivity index (χ1n) is 5.20. The molecule has 0 spiro atoms. The molecule has 0 saturated carbocycles. The third kappa shape index (κ3) is 2.09. The molecule has 2 heterocycles. The summed E-state index contributed by atoms with van der Waals surface area (Å²) >= 11 is 0. The molecule has 4 heteroatoms. The molecule has 4 nitrogen and oxygen atoms in total. The van der Waals surface area contributed by atoms with Crippen LogP contribution in [0.4, 0.5) is 0 Å². The standard InChI is InChI=1S/C11H15N3O/c1-2-11(15)13-6-3-4-10(8-13)14-7-5-12-9-14/h2,5,7,9-10H,1,3-4,6,8H2. The van der Waals surface area contributed by atoms with Gasteiger partial charge in [0, 0.05) is 25.5 Å². The Morgan fingerprint density at radius 1 is 1.60 bits per heavy atom. The summed E-state index contributed by atoms with van der Waals surface area (Å²) in [5.74, 6) is 0.0276. The molecule has 0 bridgehead atoms. The summed E-state index contributed by atoms with van der Waals surface area (Å²) in [6.45, 7) is 5.12. The zero-order chi connectivity index (χ0) is 10.7. The van der Waals surface area contributed by atoms with Gasteiger partial charge < -0.3 is 9.47 Å². The van der Waals surface area contributed by atoms with Crippen molar-refractivity contribution in [1.82, 2.24) is 14.5 Å². The Morgan fingerprint density at radius 3 is 3.13 bits per heavy atom. The molecule has 1 atom stereocenters. The molecule has 1 saturated heterocycles. The lowest BCUT2D eigenvalue weighted by Crippen LogP contribution is -2.39. The van der Waals surface area contributed by atoms with E-state index in [1.54, 1.807) is 6.20 Å². The van der Waals surface area contributed by atoms with Gasteiger partial charge in [-0.1, -0.05) is 6.58 Å². The lowest BCUT2D eigenvalue weighted by Gasteiger charge is -2.32. The third-order valence-corrected chi connectivity index (χ3v) is 2.83. The SMILES string of the molecule is C=CC(=O)N1CCCC(n2ccnc2)C1. The molecule has 0 aromatic carbocycles. The van der Waals surface area contributed by atoms with Gasteiger partial charge in [-0.3, -0.25) is 4.79 Å². The van der Waals surface area contributed by atoms with E-state index in [0.717, 1.165) is 25.9 Å². The van der Waals surface area contributed by atoms with Crippen LogP contribution in [0.3, 0.4) is 0 Å². The molecular formula is C11H15N3O. The number of hydrogen-bond donors (Lipinski definition) is 0. The highest BCUT2D eigenvalue weighted by molar-refractivity contribution is 5.87. The van der Waals surface area contributed by atoms with Crippen molar-refractivity contribution in [3.05, 3.63) is 31.4 Å². The predicted molar refractivity (Wildman–Crippen MR) is 57.3 cm³/mol. The summed E-state index contributed by atoms with van der Waals surface area (Å²) < 4.78 is 2.07. The van der Waals surface area contributed by atoms with Crippen molar-refractivity contribution >= 4 is 5.91 Å². The van der Waals surface area contributed by atoms with Gasteiger partial charge in [-0.05, 0) is 18.9 Å². The van der Waals surface area contributed by atoms with Crippen LogP contribution in [-0.4, -0.2) is 33.4 Å². The normalized spacial score (nSPS) is 21.3. The van der Waals surface area contributed by atoms with Crippen LogP contribution in [0.1, 0.15) is 18.9 Å². The monoisotopic (exact) mass is 205 g/mol. The van der Waals surface area contributed by atoms with E-state index in [4.69, 9.17) is 0 Å². The van der Waals surface area contributed by atoms with Crippen LogP contribution in [-0.2, 0) is 4.79 Å². The Kier molecular flexibility index (Phi) is 2.85. The van der Waals surface area contributed by atoms with Crippen molar-refractivity contribution in [2.75, 3.05) is 13.1 Å². The minimum absolute atomic E-state index is 0.0276. The summed E-state index contributed by atoms with van der Waals surface area (Å²) in [7, 11) is 0. The summed E-state index contributed by atoms with van der Waals surface area (Å²) in [5.41, 5.74) is 0. The quantitative estimate of drug-likeness (QED) is 0.681. The number of carbonyl (C=O) groups excluding carboxylic acids is 1. The maximum Gasteiger partial charge on any atom is 0.246 e. The molecule has 1 aliphatic heterocycles. The van der Waals surface area contributed by atoms with Crippen LogP contribution in [0.15, 0.2) is 31.4 Å². The number of nitrogens with zero attached hydrogens (tertiary/aromatic N) is 3. The zero-order valence-corrected chi connectivity index (χ0v) is 8.67. The Hall–Kier alpha value is -1.58. The Morgan fingerprint density at radius 2 is 2.47 bits per heavy atom. The van der Waals surface area contributed by atoms with Crippen molar-refractivity contribution in [3.63, 3.8) is 0 Å². The third-order valence-electron chi connectivity index (χ3n) is 2.83. The fourth-order valence-electron chi connectivity index (χ4n) is 2.01. The van der Waals surface area contributed by atoms with E-state index in [0.29, 0.717) is 6.04 Å². The van der Waals surface area contributed by atoms with Crippen LogP contribution in [0.5, 0.6) is 0 Å². The number of amides is 1. The molecule has 1 aliphatic rings. The number of carbonyl (C=O) groups is 1. The molecule has 1 amide bonds. The number of hydrogen-bond acceptors (Lipinski definition) is 2. The van der Waals surface area contributed by atoms with Gasteiger partial charge in [-0.15, -0.1) is 0 Å². The highest BCUT2D eigenvalue weighted by Gasteiger charge is 2.22. The van der Waals surface area contributed by atoms with E-state index in [-0.39, 0.29) is 5.91 Å². The lowest BCUT2D eigenvalue weighted by atomic mass is 10.1. The zero-order valence-electron chi connectivity index (χ0n) is 8.67. The highest BCUT2D eigenvalue weighted by atomic mass is 16.2. The van der Waals surface area contributed by atoms with Crippen molar-refractivity contribution in [2.24, 2.45) is 0 Å². The average Bonchev–Trinajstić information content (AvgIpc) is 2.82. The second-order valence-corrected chi connectivity index (χ2v) is 3.79. The van der Waals surface area contributed by atoms with Crippen LogP contribution < -0.4 is 0 Å². The maximum atomic E-state index is 11.5. The van der Waals surface area contributed by atoms with Crippen molar-refractivity contribution < 1.29 is 4.79 Å². The fourth-order valence-corrected chi connectivity index (χ4v) is 2.01. The van der Waals surface area contributed by atoms with Crippen LogP contribution in [0.25, 0.3) is 0 Å². The Balaban J connectivity index is 2.04. The molecule has 1 unspecified atom stereocenters. The molecule has 0 N–H and O–H groups in total. The van der Waals surface area contributed by atoms with Gasteiger partial charge in [-0.2, -0.15) is 0 Å². The average molecular weight is 205 g/mol. The van der Waals surface area contributed by atoms with Crippen molar-refractivity contribution in [2.45, 2.75) is 18.9 Å². The van der Waals surface area contributed by atoms with Gasteiger partial charge in [-0.25, -0.2) is 4.98 Å². The number of likely N-dealkylation sites (tertiary alicyclic amines) is 1. The van der Waals surface area contributed by atoms with Gasteiger partial charge in [0.1, 0.15) is 0 Å². The fraction of sp³-hybridized carbons (Fsp3) is 0.455. The molecule has 0 aliphatic carbocycles. The van der Waals surface area contributed by atoms with E-state index >= 15 is 0 Å². The summed E-state index contributed by atoms with van der Waals surface area (Å²) in [6, 6.07) is 0.366. The Bertz CT molecular complexity index is 345. The lowest BCUT2D eigenvalue weighted by molar-refractivity contribution is -0.127. The van der Waals surface area contributed by atoms with Gasteiger partial charge in [0.15, 0.2) is 0 Å². The summed E-state index contributed by atoms with van der Waals surface area (Å²) in [6.07, 6.45) is 9.07. The number of imidazole rings is 1. The highest BCUT2D eigenvalue weighted by Crippen LogP contribution is 2.21. The first-order valence-corrected chi connectivity index (χ1v) is 5.20. The van der Waals surface area contributed by atoms with E-state index < -0.39 is 0 Å². The summed E-state index contributed by atoms with van der Waals surface area (Å²) in [4.78, 5) is 17.3. The van der Waals surface area contributed by atoms with Crippen molar-refractivity contribution in [3.8, 4) is 0 Å². The van der Waals surface area contributed by atoms with E-state index in [1.807, 2.05) is 17.4 Å². The molecule has 2 rings (SSSR count). The van der Waals surface area contributed by atoms with Gasteiger partial charge in [0.05, 0.1) is 12.4 Å². The number of aromatic nitrogens is 2. The predicted octanol–water partition coefficient (Wildman–Crippen LogP) is 1.23. The molecule has 1 aromatic heterocycles. The van der Waals surface area contributed by atoms with Crippen LogP contribution >= 0.6 is 0 Å². The molecule has 1 aromatic rings. The maximum absolute atomic E-state index is 11.5. The van der Waals surface area contributed by atoms with Crippen molar-refractivity contribution in [1.29, 1.82) is 0 Å². The molecule has 1 fully saturated rings. The van der Waals surface area contributed by atoms with Gasteiger partial charge >= 0.3 is 0 Å².